The molecule has 0 fully saturated rings. The summed E-state index contributed by atoms with van der Waals surface area (Å²) in [5.74, 6) is 0. The smallest absolute Gasteiger partial charge is 0.0121 e. The summed E-state index contributed by atoms with van der Waals surface area (Å²) in [5.41, 5.74) is 3.61. The van der Waals surface area contributed by atoms with Crippen molar-refractivity contribution >= 4 is 5.57 Å². The fraction of sp³-hybridized carbons (Fsp3) is 0.167. The molecule has 1 rings (SSSR count). The average Bonchev–Trinajstić information content (AvgIpc) is 2.54. The normalized spacial score (nSPS) is 12.3. The van der Waals surface area contributed by atoms with Crippen LogP contribution in [-0.4, -0.2) is 4.98 Å². The van der Waals surface area contributed by atoms with Crippen molar-refractivity contribution in [3.63, 3.8) is 0 Å². The summed E-state index contributed by atoms with van der Waals surface area (Å²) >= 11 is 0. The van der Waals surface area contributed by atoms with Crippen LogP contribution < -0.4 is 0 Å². The lowest BCUT2D eigenvalue weighted by molar-refractivity contribution is 1.27. The Morgan fingerprint density at radius 1 is 1.54 bits per heavy atom. The van der Waals surface area contributed by atoms with E-state index in [2.05, 4.69) is 29.8 Å². The number of hydrogen-bond donors (Lipinski definition) is 1. The highest BCUT2D eigenvalue weighted by molar-refractivity contribution is 5.73. The minimum Gasteiger partial charge on any atom is -0.365 e. The molecule has 1 heterocycles. The minimum atomic E-state index is 1.18. The molecule has 68 valence electrons. The number of H-pyrrole nitrogens is 1. The number of aryl methyl sites for hydroxylation is 1. The lowest BCUT2D eigenvalue weighted by atomic mass is 10.1. The largest absolute Gasteiger partial charge is 0.365 e. The first kappa shape index (κ1) is 9.59. The molecule has 0 aliphatic rings. The van der Waals surface area contributed by atoms with Crippen LogP contribution in [0.1, 0.15) is 18.2 Å². The van der Waals surface area contributed by atoms with Crippen LogP contribution in [0.25, 0.3) is 5.57 Å². The monoisotopic (exact) mass is 173 g/mol. The molecule has 1 aromatic rings. The van der Waals surface area contributed by atoms with Gasteiger partial charge in [0.1, 0.15) is 0 Å². The molecule has 1 N–H and O–H groups in total. The van der Waals surface area contributed by atoms with Gasteiger partial charge in [-0.05, 0) is 31.1 Å². The number of hydrogen-bond acceptors (Lipinski definition) is 0. The van der Waals surface area contributed by atoms with Gasteiger partial charge in [-0.3, -0.25) is 0 Å². The fourth-order valence-corrected chi connectivity index (χ4v) is 1.21. The Morgan fingerprint density at radius 2 is 2.31 bits per heavy atom. The third-order valence-corrected chi connectivity index (χ3v) is 1.88. The molecule has 1 heteroatoms. The Balaban J connectivity index is 2.91. The van der Waals surface area contributed by atoms with Gasteiger partial charge in [-0.1, -0.05) is 30.9 Å². The van der Waals surface area contributed by atoms with E-state index in [1.54, 1.807) is 6.08 Å². The maximum Gasteiger partial charge on any atom is 0.0121 e. The van der Waals surface area contributed by atoms with Crippen LogP contribution in [0.2, 0.25) is 0 Å². The number of aromatic amines is 1. The predicted octanol–water partition coefficient (Wildman–Crippen LogP) is 3.47. The van der Waals surface area contributed by atoms with Crippen molar-refractivity contribution in [3.8, 4) is 0 Å². The number of allylic oxidation sites excluding steroid dienone is 5. The van der Waals surface area contributed by atoms with E-state index in [1.807, 2.05) is 26.1 Å². The SMILES string of the molecule is C=C/C=C\C(=C/C)c1c[nH]c(C)c1. The zero-order chi connectivity index (χ0) is 9.68. The Hall–Kier alpha value is -1.50. The molecule has 0 bridgehead atoms. The second kappa shape index (κ2) is 4.51. The van der Waals surface area contributed by atoms with Crippen molar-refractivity contribution in [1.29, 1.82) is 0 Å². The molecule has 0 saturated heterocycles. The fourth-order valence-electron chi connectivity index (χ4n) is 1.21. The van der Waals surface area contributed by atoms with Crippen LogP contribution >= 0.6 is 0 Å². The first-order chi connectivity index (χ1) is 6.27. The van der Waals surface area contributed by atoms with Gasteiger partial charge in [0.2, 0.25) is 0 Å². The van der Waals surface area contributed by atoms with Crippen LogP contribution in [0, 0.1) is 6.92 Å². The van der Waals surface area contributed by atoms with Gasteiger partial charge in [0.25, 0.3) is 0 Å². The maximum absolute atomic E-state index is 3.64. The molecular weight excluding hydrogens is 158 g/mol. The van der Waals surface area contributed by atoms with Crippen molar-refractivity contribution in [1.82, 2.24) is 4.98 Å². The third-order valence-electron chi connectivity index (χ3n) is 1.88. The minimum absolute atomic E-state index is 1.18. The highest BCUT2D eigenvalue weighted by Gasteiger charge is 1.97. The molecule has 0 aromatic carbocycles. The van der Waals surface area contributed by atoms with Gasteiger partial charge in [-0.2, -0.15) is 0 Å². The van der Waals surface area contributed by atoms with Gasteiger partial charge in [0.15, 0.2) is 0 Å². The van der Waals surface area contributed by atoms with E-state index in [0.29, 0.717) is 0 Å². The van der Waals surface area contributed by atoms with Crippen molar-refractivity contribution in [3.05, 3.63) is 54.4 Å². The van der Waals surface area contributed by atoms with Gasteiger partial charge in [0, 0.05) is 11.9 Å². The topological polar surface area (TPSA) is 15.8 Å². The second-order valence-electron chi connectivity index (χ2n) is 2.91. The zero-order valence-electron chi connectivity index (χ0n) is 8.17. The van der Waals surface area contributed by atoms with Gasteiger partial charge < -0.3 is 4.98 Å². The van der Waals surface area contributed by atoms with E-state index < -0.39 is 0 Å². The van der Waals surface area contributed by atoms with Crippen LogP contribution in [-0.2, 0) is 0 Å². The summed E-state index contributed by atoms with van der Waals surface area (Å²) in [6.45, 7) is 7.73. The van der Waals surface area contributed by atoms with Crippen LogP contribution in [0.4, 0.5) is 0 Å². The summed E-state index contributed by atoms with van der Waals surface area (Å²) in [4.78, 5) is 3.16. The molecule has 0 amide bonds. The number of nitrogens with one attached hydrogen (secondary N) is 1. The molecule has 0 radical (unpaired) electrons. The van der Waals surface area contributed by atoms with E-state index in [1.165, 1.54) is 16.8 Å². The maximum atomic E-state index is 3.64. The first-order valence-corrected chi connectivity index (χ1v) is 4.38. The first-order valence-electron chi connectivity index (χ1n) is 4.38. The standard InChI is InChI=1S/C12H15N/c1-4-6-7-11(5-2)12-8-10(3)13-9-12/h4-9,13H,1H2,2-3H3/b7-6-,11-5+. The summed E-state index contributed by atoms with van der Waals surface area (Å²) in [5, 5.41) is 0. The van der Waals surface area contributed by atoms with E-state index in [0.717, 1.165) is 0 Å². The van der Waals surface area contributed by atoms with Crippen LogP contribution in [0.3, 0.4) is 0 Å². The lowest BCUT2D eigenvalue weighted by Crippen LogP contribution is -1.74. The predicted molar refractivity (Wildman–Crippen MR) is 58.5 cm³/mol. The highest BCUT2D eigenvalue weighted by atomic mass is 14.7. The molecule has 0 aliphatic heterocycles. The summed E-state index contributed by atoms with van der Waals surface area (Å²) in [7, 11) is 0. The van der Waals surface area contributed by atoms with Crippen LogP contribution in [0.5, 0.6) is 0 Å². The van der Waals surface area contributed by atoms with Crippen LogP contribution in [0.15, 0.2) is 43.1 Å². The van der Waals surface area contributed by atoms with Gasteiger partial charge in [-0.15, -0.1) is 0 Å². The molecule has 13 heavy (non-hydrogen) atoms. The molecule has 1 nitrogen and oxygen atoms in total. The highest BCUT2D eigenvalue weighted by Crippen LogP contribution is 2.16. The number of aromatic nitrogens is 1. The van der Waals surface area contributed by atoms with E-state index >= 15 is 0 Å². The van der Waals surface area contributed by atoms with Gasteiger partial charge >= 0.3 is 0 Å². The lowest BCUT2D eigenvalue weighted by Gasteiger charge is -1.94. The Morgan fingerprint density at radius 3 is 2.77 bits per heavy atom. The van der Waals surface area contributed by atoms with Gasteiger partial charge in [-0.25, -0.2) is 0 Å². The summed E-state index contributed by atoms with van der Waals surface area (Å²) in [6, 6.07) is 2.13. The molecule has 0 unspecified atom stereocenters. The van der Waals surface area contributed by atoms with Crippen molar-refractivity contribution in [2.45, 2.75) is 13.8 Å². The molecule has 1 aromatic heterocycles. The number of rotatable bonds is 3. The van der Waals surface area contributed by atoms with E-state index in [-0.39, 0.29) is 0 Å². The van der Waals surface area contributed by atoms with Crippen molar-refractivity contribution < 1.29 is 0 Å². The molecular formula is C12H15N. The Kier molecular flexibility index (Phi) is 3.32. The van der Waals surface area contributed by atoms with Crippen molar-refractivity contribution in [2.75, 3.05) is 0 Å². The van der Waals surface area contributed by atoms with E-state index in [4.69, 9.17) is 0 Å². The average molecular weight is 173 g/mol. The third kappa shape index (κ3) is 2.48. The molecule has 0 spiro atoms. The molecule has 0 aliphatic carbocycles. The zero-order valence-corrected chi connectivity index (χ0v) is 8.17. The Labute approximate surface area is 79.5 Å². The molecule has 0 saturated carbocycles. The van der Waals surface area contributed by atoms with E-state index in [9.17, 15) is 0 Å². The van der Waals surface area contributed by atoms with Gasteiger partial charge in [0.05, 0.1) is 0 Å². The second-order valence-corrected chi connectivity index (χ2v) is 2.91. The Bertz CT molecular complexity index is 340. The quantitative estimate of drug-likeness (QED) is 0.674. The summed E-state index contributed by atoms with van der Waals surface area (Å²) in [6.07, 6.45) is 9.87. The summed E-state index contributed by atoms with van der Waals surface area (Å²) < 4.78 is 0. The van der Waals surface area contributed by atoms with Crippen molar-refractivity contribution in [2.24, 2.45) is 0 Å². The molecule has 0 atom stereocenters.